The first-order chi connectivity index (χ1) is 4.30. The monoisotopic (exact) mass is 198 g/mol. The van der Waals surface area contributed by atoms with E-state index in [1.165, 1.54) is 12.1 Å². The summed E-state index contributed by atoms with van der Waals surface area (Å²) in [5.74, 6) is -1.13. The molecule has 6 heteroatoms. The Hall–Kier alpha value is -0.430. The molecular formula is C7H11NaO5. The summed E-state index contributed by atoms with van der Waals surface area (Å²) >= 11 is 0. The molecule has 0 bridgehead atoms. The van der Waals surface area contributed by atoms with Gasteiger partial charge in [0.15, 0.2) is 0 Å². The number of aromatic carboxylic acids is 1. The topological polar surface area (TPSA) is 135 Å². The van der Waals surface area contributed by atoms with Gasteiger partial charge in [-0.3, -0.25) is 0 Å². The van der Waals surface area contributed by atoms with E-state index in [9.17, 15) is 9.90 Å². The van der Waals surface area contributed by atoms with Crippen molar-refractivity contribution in [3.63, 3.8) is 0 Å². The Morgan fingerprint density at radius 2 is 1.38 bits per heavy atom. The smallest absolute Gasteiger partial charge is 0.545 e. The minimum absolute atomic E-state index is 0. The van der Waals surface area contributed by atoms with Crippen molar-refractivity contribution >= 4 is 5.97 Å². The Kier molecular flexibility index (Phi) is 20.4. The van der Waals surface area contributed by atoms with Gasteiger partial charge in [-0.15, -0.1) is 0 Å². The van der Waals surface area contributed by atoms with Crippen LogP contribution in [0.4, 0.5) is 0 Å². The number of hydrogen-bond acceptors (Lipinski definition) is 2. The first-order valence-corrected chi connectivity index (χ1v) is 2.57. The van der Waals surface area contributed by atoms with E-state index in [2.05, 4.69) is 0 Å². The molecule has 0 aromatic heterocycles. The number of carbonyl (C=O) groups excluding carboxylic acids is 1. The molecule has 5 nitrogen and oxygen atoms in total. The number of carbonyl (C=O) groups is 1. The van der Waals surface area contributed by atoms with E-state index in [0.29, 0.717) is 0 Å². The van der Waals surface area contributed by atoms with Gasteiger partial charge >= 0.3 is 29.6 Å². The van der Waals surface area contributed by atoms with Crippen LogP contribution < -0.4 is 34.7 Å². The number of carboxylic acids is 1. The molecule has 0 unspecified atom stereocenters. The Morgan fingerprint density at radius 3 is 1.62 bits per heavy atom. The van der Waals surface area contributed by atoms with Gasteiger partial charge < -0.3 is 26.3 Å². The van der Waals surface area contributed by atoms with Gasteiger partial charge in [0.05, 0.1) is 5.97 Å². The van der Waals surface area contributed by atoms with Crippen LogP contribution in [-0.4, -0.2) is 22.4 Å². The van der Waals surface area contributed by atoms with Crippen LogP contribution in [0, 0.1) is 0 Å². The van der Waals surface area contributed by atoms with Crippen LogP contribution in [0.1, 0.15) is 10.4 Å². The van der Waals surface area contributed by atoms with Crippen molar-refractivity contribution in [2.45, 2.75) is 0 Å². The predicted molar refractivity (Wildman–Crippen MR) is 41.6 cm³/mol. The first-order valence-electron chi connectivity index (χ1n) is 2.57. The number of rotatable bonds is 1. The molecule has 0 amide bonds. The Balaban J connectivity index is -0.000000101. The predicted octanol–water partition coefficient (Wildman–Crippen LogP) is -5.42. The summed E-state index contributed by atoms with van der Waals surface area (Å²) in [5, 5.41) is 10.1. The van der Waals surface area contributed by atoms with E-state index in [-0.39, 0.29) is 51.5 Å². The van der Waals surface area contributed by atoms with Crippen molar-refractivity contribution in [2.24, 2.45) is 0 Å². The second-order valence-corrected chi connectivity index (χ2v) is 1.65. The summed E-state index contributed by atoms with van der Waals surface area (Å²) in [4.78, 5) is 10.1. The van der Waals surface area contributed by atoms with Gasteiger partial charge in [-0.25, -0.2) is 0 Å². The quantitative estimate of drug-likeness (QED) is 0.416. The SMILES string of the molecule is O.O.O.O=C([O-])c1ccccc1.[Na+]. The van der Waals surface area contributed by atoms with Crippen LogP contribution in [0.3, 0.4) is 0 Å². The fraction of sp³-hybridized carbons (Fsp3) is 0. The Labute approximate surface area is 97.6 Å². The normalized spacial score (nSPS) is 6.15. The third-order valence-electron chi connectivity index (χ3n) is 1.01. The number of hydrogen-bond donors (Lipinski definition) is 0. The van der Waals surface area contributed by atoms with Crippen molar-refractivity contribution in [1.29, 1.82) is 0 Å². The minimum atomic E-state index is -1.13. The maximum Gasteiger partial charge on any atom is 1.00 e. The van der Waals surface area contributed by atoms with E-state index in [1.807, 2.05) is 0 Å². The van der Waals surface area contributed by atoms with Crippen LogP contribution in [0.15, 0.2) is 30.3 Å². The van der Waals surface area contributed by atoms with Crippen molar-refractivity contribution in [1.82, 2.24) is 0 Å². The molecule has 6 N–H and O–H groups in total. The summed E-state index contributed by atoms with van der Waals surface area (Å²) in [6, 6.07) is 8.06. The molecule has 0 heterocycles. The summed E-state index contributed by atoms with van der Waals surface area (Å²) in [5.41, 5.74) is 0.220. The maximum absolute atomic E-state index is 10.1. The largest absolute Gasteiger partial charge is 1.00 e. The van der Waals surface area contributed by atoms with Crippen molar-refractivity contribution in [2.75, 3.05) is 0 Å². The van der Waals surface area contributed by atoms with Gasteiger partial charge in [0.2, 0.25) is 0 Å². The molecule has 0 saturated carbocycles. The van der Waals surface area contributed by atoms with E-state index in [1.54, 1.807) is 18.2 Å². The zero-order valence-electron chi connectivity index (χ0n) is 7.20. The standard InChI is InChI=1S/C7H6O2.Na.3H2O/c8-7(9)6-4-2-1-3-5-6;;;;/h1-5H,(H,8,9);;3*1H2/q;+1;;;/p-1. The van der Waals surface area contributed by atoms with Crippen molar-refractivity contribution in [3.8, 4) is 0 Å². The molecule has 70 valence electrons. The van der Waals surface area contributed by atoms with Crippen LogP contribution in [-0.2, 0) is 0 Å². The van der Waals surface area contributed by atoms with E-state index >= 15 is 0 Å². The second-order valence-electron chi connectivity index (χ2n) is 1.65. The molecule has 1 aromatic rings. The van der Waals surface area contributed by atoms with E-state index in [0.717, 1.165) is 0 Å². The molecule has 1 aromatic carbocycles. The molecule has 0 atom stereocenters. The minimum Gasteiger partial charge on any atom is -0.545 e. The van der Waals surface area contributed by atoms with Crippen LogP contribution >= 0.6 is 0 Å². The van der Waals surface area contributed by atoms with Crippen molar-refractivity contribution < 1.29 is 55.9 Å². The molecule has 13 heavy (non-hydrogen) atoms. The zero-order chi connectivity index (χ0) is 6.69. The molecule has 0 aliphatic rings. The number of benzene rings is 1. The summed E-state index contributed by atoms with van der Waals surface area (Å²) in [6.07, 6.45) is 0. The molecular weight excluding hydrogens is 187 g/mol. The van der Waals surface area contributed by atoms with Gasteiger partial charge in [-0.1, -0.05) is 30.3 Å². The molecule has 1 rings (SSSR count). The summed E-state index contributed by atoms with van der Waals surface area (Å²) < 4.78 is 0. The molecule has 0 fully saturated rings. The Morgan fingerprint density at radius 1 is 1.00 bits per heavy atom. The van der Waals surface area contributed by atoms with Crippen LogP contribution in [0.5, 0.6) is 0 Å². The van der Waals surface area contributed by atoms with Gasteiger partial charge in [0.1, 0.15) is 0 Å². The molecule has 0 aliphatic heterocycles. The molecule has 0 saturated heterocycles. The summed E-state index contributed by atoms with van der Waals surface area (Å²) in [6.45, 7) is 0. The average Bonchev–Trinajstić information content (AvgIpc) is 1.90. The van der Waals surface area contributed by atoms with Gasteiger partial charge in [-0.05, 0) is 5.56 Å². The van der Waals surface area contributed by atoms with Crippen LogP contribution in [0.2, 0.25) is 0 Å². The maximum atomic E-state index is 10.1. The first kappa shape index (κ1) is 22.9. The van der Waals surface area contributed by atoms with Crippen molar-refractivity contribution in [3.05, 3.63) is 35.9 Å². The molecule has 0 radical (unpaired) electrons. The average molecular weight is 198 g/mol. The summed E-state index contributed by atoms with van der Waals surface area (Å²) in [7, 11) is 0. The fourth-order valence-corrected chi connectivity index (χ4v) is 0.574. The molecule has 0 aliphatic carbocycles. The Bertz CT molecular complexity index is 213. The van der Waals surface area contributed by atoms with Gasteiger partial charge in [0.25, 0.3) is 0 Å². The fourth-order valence-electron chi connectivity index (χ4n) is 0.574. The van der Waals surface area contributed by atoms with Gasteiger partial charge in [0, 0.05) is 0 Å². The van der Waals surface area contributed by atoms with E-state index < -0.39 is 5.97 Å². The van der Waals surface area contributed by atoms with Crippen LogP contribution in [0.25, 0.3) is 0 Å². The van der Waals surface area contributed by atoms with Gasteiger partial charge in [-0.2, -0.15) is 0 Å². The number of carboxylic acid groups (broad SMARTS) is 1. The zero-order valence-corrected chi connectivity index (χ0v) is 9.20. The molecule has 0 spiro atoms. The third-order valence-corrected chi connectivity index (χ3v) is 1.01. The second kappa shape index (κ2) is 11.6. The third kappa shape index (κ3) is 7.92. The van der Waals surface area contributed by atoms with E-state index in [4.69, 9.17) is 0 Å².